The van der Waals surface area contributed by atoms with Gasteiger partial charge in [0.15, 0.2) is 0 Å². The van der Waals surface area contributed by atoms with E-state index in [1.807, 2.05) is 30.3 Å². The van der Waals surface area contributed by atoms with Crippen LogP contribution in [0.2, 0.25) is 25.7 Å². The number of amides is 3. The second-order valence-corrected chi connectivity index (χ2v) is 16.5. The molecule has 1 aromatic rings. The maximum Gasteiger partial charge on any atom is 0.408 e. The van der Waals surface area contributed by atoms with E-state index in [9.17, 15) is 14.4 Å². The molecule has 3 amide bonds. The van der Waals surface area contributed by atoms with Crippen molar-refractivity contribution in [1.82, 2.24) is 20.9 Å². The molecule has 2 fully saturated rings. The van der Waals surface area contributed by atoms with Crippen LogP contribution >= 0.6 is 0 Å². The van der Waals surface area contributed by atoms with Crippen LogP contribution in [0.5, 0.6) is 0 Å². The quantitative estimate of drug-likeness (QED) is 0.313. The molecule has 37 heavy (non-hydrogen) atoms. The average molecular weight is 530 g/mol. The lowest BCUT2D eigenvalue weighted by Gasteiger charge is -2.41. The van der Waals surface area contributed by atoms with Crippen LogP contribution < -0.4 is 16.0 Å². The first kappa shape index (κ1) is 28.5. The van der Waals surface area contributed by atoms with Crippen LogP contribution in [0, 0.1) is 11.3 Å². The monoisotopic (exact) mass is 529 g/mol. The number of likely N-dealkylation sites (tertiary alicyclic amines) is 1. The Balaban J connectivity index is 1.57. The zero-order chi connectivity index (χ0) is 26.8. The molecule has 1 heterocycles. The van der Waals surface area contributed by atoms with Crippen molar-refractivity contribution in [2.24, 2.45) is 0 Å². The van der Waals surface area contributed by atoms with Gasteiger partial charge in [-0.3, -0.25) is 4.79 Å². The van der Waals surface area contributed by atoms with Gasteiger partial charge >= 0.3 is 12.2 Å². The Morgan fingerprint density at radius 3 is 2.51 bits per heavy atom. The van der Waals surface area contributed by atoms with E-state index in [-0.39, 0.29) is 37.2 Å². The van der Waals surface area contributed by atoms with Gasteiger partial charge in [0.1, 0.15) is 12.6 Å². The number of nitriles is 1. The molecule has 4 atom stereocenters. The molecule has 3 N–H and O–H groups in total. The second-order valence-electron chi connectivity index (χ2n) is 10.9. The van der Waals surface area contributed by atoms with Crippen LogP contribution in [0.3, 0.4) is 0 Å². The topological polar surface area (TPSA) is 133 Å². The van der Waals surface area contributed by atoms with Crippen LogP contribution in [-0.2, 0) is 20.9 Å². The van der Waals surface area contributed by atoms with Crippen LogP contribution in [0.15, 0.2) is 30.3 Å². The highest BCUT2D eigenvalue weighted by Crippen LogP contribution is 2.28. The van der Waals surface area contributed by atoms with Crippen LogP contribution in [0.25, 0.3) is 0 Å². The van der Waals surface area contributed by atoms with E-state index < -0.39 is 26.3 Å². The summed E-state index contributed by atoms with van der Waals surface area (Å²) >= 11 is 0. The van der Waals surface area contributed by atoms with E-state index in [2.05, 4.69) is 41.7 Å². The summed E-state index contributed by atoms with van der Waals surface area (Å²) in [7, 11) is -1.34. The molecule has 2 aliphatic rings. The standard InChI is InChI=1S/C26H39N5O5Si/c1-37(2,3)16-15-35-25(33)30-22-17-20(28-13-12-27)9-10-23(22)31-14-11-21(24(31)32)29-26(34)36-18-19-7-5-4-6-8-19/h4-8,20-23,28H,9-11,13-18H2,1-3H3,(H,29,34)(H,30,33)/t20?,21-,22+,23-/m0/s1. The van der Waals surface area contributed by atoms with Crippen LogP contribution in [0.1, 0.15) is 31.2 Å². The highest BCUT2D eigenvalue weighted by Gasteiger charge is 2.43. The fourth-order valence-electron chi connectivity index (χ4n) is 4.77. The maximum absolute atomic E-state index is 13.2. The zero-order valence-electron chi connectivity index (χ0n) is 22.0. The molecule has 11 heteroatoms. The van der Waals surface area contributed by atoms with E-state index in [1.165, 1.54) is 0 Å². The van der Waals surface area contributed by atoms with Gasteiger partial charge in [0.2, 0.25) is 5.91 Å². The number of benzene rings is 1. The molecule has 1 saturated heterocycles. The number of hydrogen-bond acceptors (Lipinski definition) is 7. The Bertz CT molecular complexity index is 964. The van der Waals surface area contributed by atoms with Gasteiger partial charge in [-0.1, -0.05) is 50.0 Å². The molecule has 0 aromatic heterocycles. The number of rotatable bonds is 10. The molecule has 1 aliphatic carbocycles. The SMILES string of the molecule is C[Si](C)(C)CCOC(=O)N[C@@H]1CC(NCC#N)CC[C@@H]1N1CC[C@H](NC(=O)OCc2ccccc2)C1=O. The van der Waals surface area contributed by atoms with Crippen molar-refractivity contribution >= 4 is 26.2 Å². The summed E-state index contributed by atoms with van der Waals surface area (Å²) in [5, 5.41) is 17.8. The molecule has 1 saturated carbocycles. The summed E-state index contributed by atoms with van der Waals surface area (Å²) in [6.07, 6.45) is 1.38. The summed E-state index contributed by atoms with van der Waals surface area (Å²) in [5.74, 6) is -0.177. The Morgan fingerprint density at radius 2 is 1.81 bits per heavy atom. The third-order valence-electron chi connectivity index (χ3n) is 6.82. The number of nitrogens with one attached hydrogen (secondary N) is 3. The Kier molecular flexibility index (Phi) is 10.3. The molecule has 1 aromatic carbocycles. The minimum Gasteiger partial charge on any atom is -0.450 e. The van der Waals surface area contributed by atoms with E-state index in [0.29, 0.717) is 32.4 Å². The normalized spacial score (nSPS) is 23.7. The van der Waals surface area contributed by atoms with E-state index in [4.69, 9.17) is 14.7 Å². The molecule has 1 aliphatic heterocycles. The fourth-order valence-corrected chi connectivity index (χ4v) is 5.49. The molecule has 1 unspecified atom stereocenters. The first-order chi connectivity index (χ1) is 17.7. The number of alkyl carbamates (subject to hydrolysis) is 2. The summed E-state index contributed by atoms with van der Waals surface area (Å²) in [6, 6.07) is 11.2. The maximum atomic E-state index is 13.2. The first-order valence-electron chi connectivity index (χ1n) is 13.0. The number of carbonyl (C=O) groups excluding carboxylic acids is 3. The Hall–Kier alpha value is -3.10. The average Bonchev–Trinajstić information content (AvgIpc) is 3.21. The van der Waals surface area contributed by atoms with Crippen molar-refractivity contribution in [3.8, 4) is 6.07 Å². The highest BCUT2D eigenvalue weighted by atomic mass is 28.3. The predicted octanol–water partition coefficient (Wildman–Crippen LogP) is 2.98. The molecular formula is C26H39N5O5Si. The summed E-state index contributed by atoms with van der Waals surface area (Å²) in [5.41, 5.74) is 0.865. The molecule has 3 rings (SSSR count). The summed E-state index contributed by atoms with van der Waals surface area (Å²) in [4.78, 5) is 39.9. The van der Waals surface area contributed by atoms with Gasteiger partial charge < -0.3 is 30.3 Å². The lowest BCUT2D eigenvalue weighted by atomic mass is 9.85. The van der Waals surface area contributed by atoms with Gasteiger partial charge in [0, 0.05) is 20.7 Å². The number of hydrogen-bond donors (Lipinski definition) is 3. The second kappa shape index (κ2) is 13.4. The lowest BCUT2D eigenvalue weighted by molar-refractivity contribution is -0.132. The van der Waals surface area contributed by atoms with Crippen molar-refractivity contribution in [1.29, 1.82) is 5.26 Å². The lowest BCUT2D eigenvalue weighted by Crippen LogP contribution is -2.58. The van der Waals surface area contributed by atoms with E-state index >= 15 is 0 Å². The molecular weight excluding hydrogens is 490 g/mol. The van der Waals surface area contributed by atoms with Gasteiger partial charge in [-0.2, -0.15) is 5.26 Å². The Morgan fingerprint density at radius 1 is 1.08 bits per heavy atom. The predicted molar refractivity (Wildman–Crippen MR) is 141 cm³/mol. The minimum atomic E-state index is -1.34. The zero-order valence-corrected chi connectivity index (χ0v) is 23.0. The third-order valence-corrected chi connectivity index (χ3v) is 8.52. The van der Waals surface area contributed by atoms with E-state index in [0.717, 1.165) is 18.0 Å². The van der Waals surface area contributed by atoms with Crippen LogP contribution in [0.4, 0.5) is 9.59 Å². The van der Waals surface area contributed by atoms with Gasteiger partial charge in [0.05, 0.1) is 31.3 Å². The van der Waals surface area contributed by atoms with Gasteiger partial charge in [-0.25, -0.2) is 9.59 Å². The molecule has 202 valence electrons. The van der Waals surface area contributed by atoms with Crippen molar-refractivity contribution in [2.45, 2.75) is 82.1 Å². The smallest absolute Gasteiger partial charge is 0.408 e. The van der Waals surface area contributed by atoms with Gasteiger partial charge in [-0.15, -0.1) is 0 Å². The molecule has 10 nitrogen and oxygen atoms in total. The van der Waals surface area contributed by atoms with Crippen molar-refractivity contribution in [3.05, 3.63) is 35.9 Å². The van der Waals surface area contributed by atoms with Crippen molar-refractivity contribution < 1.29 is 23.9 Å². The first-order valence-corrected chi connectivity index (χ1v) is 16.7. The number of carbonyl (C=O) groups is 3. The fraction of sp³-hybridized carbons (Fsp3) is 0.615. The number of ether oxygens (including phenoxy) is 2. The van der Waals surface area contributed by atoms with Crippen LogP contribution in [-0.4, -0.2) is 74.9 Å². The third kappa shape index (κ3) is 9.05. The highest BCUT2D eigenvalue weighted by molar-refractivity contribution is 6.76. The van der Waals surface area contributed by atoms with Gasteiger partial charge in [-0.05, 0) is 37.3 Å². The molecule has 0 bridgehead atoms. The number of nitrogens with zero attached hydrogens (tertiary/aromatic N) is 2. The molecule has 0 radical (unpaired) electrons. The summed E-state index contributed by atoms with van der Waals surface area (Å²) in [6.45, 7) is 7.86. The molecule has 0 spiro atoms. The van der Waals surface area contributed by atoms with E-state index in [1.54, 1.807) is 4.90 Å². The Labute approximate surface area is 220 Å². The largest absolute Gasteiger partial charge is 0.450 e. The summed E-state index contributed by atoms with van der Waals surface area (Å²) < 4.78 is 10.7. The van der Waals surface area contributed by atoms with Gasteiger partial charge in [0.25, 0.3) is 0 Å². The minimum absolute atomic E-state index is 0.0581. The van der Waals surface area contributed by atoms with Crippen molar-refractivity contribution in [2.75, 3.05) is 19.7 Å². The van der Waals surface area contributed by atoms with Crippen molar-refractivity contribution in [3.63, 3.8) is 0 Å².